The first kappa shape index (κ1) is 22.7. The van der Waals surface area contributed by atoms with Crippen molar-refractivity contribution >= 4 is 17.8 Å². The molecule has 2 atom stereocenters. The van der Waals surface area contributed by atoms with E-state index in [9.17, 15) is 18.8 Å². The molecular formula is C24H32FN3O4. The Bertz CT molecular complexity index is 865. The second-order valence-electron chi connectivity index (χ2n) is 9.13. The zero-order chi connectivity index (χ0) is 22.7. The number of rotatable bonds is 7. The lowest BCUT2D eigenvalue weighted by molar-refractivity contribution is -0.136. The predicted octanol–water partition coefficient (Wildman–Crippen LogP) is 2.88. The van der Waals surface area contributed by atoms with E-state index < -0.39 is 5.54 Å². The van der Waals surface area contributed by atoms with Gasteiger partial charge in [-0.3, -0.25) is 14.5 Å². The van der Waals surface area contributed by atoms with E-state index in [1.54, 1.807) is 23.1 Å². The maximum Gasteiger partial charge on any atom is 0.325 e. The van der Waals surface area contributed by atoms with Crippen molar-refractivity contribution in [1.29, 1.82) is 0 Å². The monoisotopic (exact) mass is 445 g/mol. The Hall–Kier alpha value is -2.48. The smallest absolute Gasteiger partial charge is 0.325 e. The predicted molar refractivity (Wildman–Crippen MR) is 116 cm³/mol. The fourth-order valence-electron chi connectivity index (χ4n) is 5.39. The van der Waals surface area contributed by atoms with Crippen LogP contribution in [0.1, 0.15) is 51.0 Å². The van der Waals surface area contributed by atoms with Crippen molar-refractivity contribution in [1.82, 2.24) is 15.1 Å². The number of halogens is 1. The van der Waals surface area contributed by atoms with E-state index in [1.165, 1.54) is 11.0 Å². The molecule has 3 aliphatic rings. The molecule has 3 fully saturated rings. The van der Waals surface area contributed by atoms with Crippen molar-refractivity contribution in [3.63, 3.8) is 0 Å². The van der Waals surface area contributed by atoms with Gasteiger partial charge in [-0.05, 0) is 49.7 Å². The van der Waals surface area contributed by atoms with Crippen LogP contribution < -0.4 is 5.32 Å². The highest BCUT2D eigenvalue weighted by Gasteiger charge is 2.55. The van der Waals surface area contributed by atoms with E-state index >= 15 is 0 Å². The number of likely N-dealkylation sites (tertiary alicyclic amines) is 1. The van der Waals surface area contributed by atoms with Crippen LogP contribution in [0.5, 0.6) is 0 Å². The van der Waals surface area contributed by atoms with Crippen LogP contribution >= 0.6 is 0 Å². The molecule has 32 heavy (non-hydrogen) atoms. The molecular weight excluding hydrogens is 413 g/mol. The fourth-order valence-corrected chi connectivity index (χ4v) is 5.39. The van der Waals surface area contributed by atoms with Gasteiger partial charge in [-0.1, -0.05) is 31.5 Å². The average Bonchev–Trinajstić information content (AvgIpc) is 3.39. The van der Waals surface area contributed by atoms with Crippen LogP contribution in [0.3, 0.4) is 0 Å². The summed E-state index contributed by atoms with van der Waals surface area (Å²) in [4.78, 5) is 42.0. The van der Waals surface area contributed by atoms with Gasteiger partial charge in [0.2, 0.25) is 5.91 Å². The van der Waals surface area contributed by atoms with Gasteiger partial charge >= 0.3 is 6.03 Å². The Morgan fingerprint density at radius 2 is 1.97 bits per heavy atom. The van der Waals surface area contributed by atoms with Gasteiger partial charge in [0.05, 0.1) is 19.1 Å². The number of carbonyl (C=O) groups excluding carboxylic acids is 3. The largest absolute Gasteiger partial charge is 0.376 e. The number of hydrogen-bond acceptors (Lipinski definition) is 4. The highest BCUT2D eigenvalue weighted by molar-refractivity contribution is 6.07. The van der Waals surface area contributed by atoms with Crippen molar-refractivity contribution in [3.8, 4) is 0 Å². The molecule has 2 unspecified atom stereocenters. The first-order valence-electron chi connectivity index (χ1n) is 11.7. The van der Waals surface area contributed by atoms with Gasteiger partial charge < -0.3 is 15.0 Å². The summed E-state index contributed by atoms with van der Waals surface area (Å²) in [6.45, 7) is 3.98. The van der Waals surface area contributed by atoms with Gasteiger partial charge in [-0.15, -0.1) is 0 Å². The minimum atomic E-state index is -0.912. The van der Waals surface area contributed by atoms with Gasteiger partial charge in [-0.25, -0.2) is 9.18 Å². The zero-order valence-electron chi connectivity index (χ0n) is 18.6. The molecule has 7 nitrogen and oxygen atoms in total. The number of imide groups is 1. The van der Waals surface area contributed by atoms with Crippen molar-refractivity contribution in [2.75, 3.05) is 26.2 Å². The molecule has 4 amide bonds. The van der Waals surface area contributed by atoms with Crippen LogP contribution in [0.25, 0.3) is 0 Å². The molecule has 0 aromatic heterocycles. The summed E-state index contributed by atoms with van der Waals surface area (Å²) in [6, 6.07) is 5.99. The molecule has 8 heteroatoms. The maximum absolute atomic E-state index is 13.9. The summed E-state index contributed by atoms with van der Waals surface area (Å²) in [5.41, 5.74) is -0.518. The topological polar surface area (TPSA) is 79.0 Å². The lowest BCUT2D eigenvalue weighted by Crippen LogP contribution is -2.56. The molecule has 1 N–H and O–H groups in total. The number of benzene rings is 1. The maximum atomic E-state index is 13.9. The van der Waals surface area contributed by atoms with E-state index in [-0.39, 0.29) is 42.1 Å². The minimum Gasteiger partial charge on any atom is -0.376 e. The number of urea groups is 1. The summed E-state index contributed by atoms with van der Waals surface area (Å²) in [7, 11) is 0. The average molecular weight is 446 g/mol. The summed E-state index contributed by atoms with van der Waals surface area (Å²) >= 11 is 0. The number of nitrogens with one attached hydrogen (secondary N) is 1. The third kappa shape index (κ3) is 4.37. The molecule has 1 aromatic carbocycles. The van der Waals surface area contributed by atoms with Crippen molar-refractivity contribution in [2.45, 2.75) is 63.5 Å². The normalized spacial score (nSPS) is 26.6. The van der Waals surface area contributed by atoms with Crippen molar-refractivity contribution in [2.24, 2.45) is 5.92 Å². The summed E-state index contributed by atoms with van der Waals surface area (Å²) in [5.74, 6) is -0.676. The molecule has 3 aliphatic heterocycles. The number of ether oxygens (including phenoxy) is 1. The first-order valence-corrected chi connectivity index (χ1v) is 11.7. The highest BCUT2D eigenvalue weighted by Crippen LogP contribution is 2.37. The molecule has 0 radical (unpaired) electrons. The van der Waals surface area contributed by atoms with Crippen molar-refractivity contribution in [3.05, 3.63) is 35.6 Å². The summed E-state index contributed by atoms with van der Waals surface area (Å²) in [5, 5.41) is 3.03. The molecule has 174 valence electrons. The van der Waals surface area contributed by atoms with Crippen LogP contribution in [0.15, 0.2) is 24.3 Å². The van der Waals surface area contributed by atoms with E-state index in [0.29, 0.717) is 51.1 Å². The second-order valence-corrected chi connectivity index (χ2v) is 9.13. The molecule has 4 rings (SSSR count). The van der Waals surface area contributed by atoms with E-state index in [1.807, 2.05) is 6.92 Å². The lowest BCUT2D eigenvalue weighted by atomic mass is 9.74. The Morgan fingerprint density at radius 1 is 1.22 bits per heavy atom. The lowest BCUT2D eigenvalue weighted by Gasteiger charge is -2.41. The van der Waals surface area contributed by atoms with E-state index in [4.69, 9.17) is 4.74 Å². The van der Waals surface area contributed by atoms with Gasteiger partial charge in [0, 0.05) is 19.7 Å². The van der Waals surface area contributed by atoms with Gasteiger partial charge in [-0.2, -0.15) is 0 Å². The van der Waals surface area contributed by atoms with E-state index in [2.05, 4.69) is 5.32 Å². The standard InChI is InChI=1S/C24H32FN3O4/c1-2-11-24(22(30)28(23(31)26-24)16-19-7-5-14-32-19)18-9-12-27(13-10-18)21(29)15-17-6-3-4-8-20(17)25/h3-4,6,8,18-19H,2,5,7,9-16H2,1H3,(H,26,31). The minimum absolute atomic E-state index is 0.0300. The molecule has 0 bridgehead atoms. The quantitative estimate of drug-likeness (QED) is 0.655. The fraction of sp³-hybridized carbons (Fsp3) is 0.625. The Balaban J connectivity index is 1.41. The summed E-state index contributed by atoms with van der Waals surface area (Å²) in [6.07, 6.45) is 4.36. The zero-order valence-corrected chi connectivity index (χ0v) is 18.6. The van der Waals surface area contributed by atoms with Gasteiger partial charge in [0.25, 0.3) is 5.91 Å². The highest BCUT2D eigenvalue weighted by atomic mass is 19.1. The molecule has 3 heterocycles. The Labute approximate surface area is 188 Å². The van der Waals surface area contributed by atoms with Crippen LogP contribution in [0, 0.1) is 11.7 Å². The number of piperidine rings is 1. The summed E-state index contributed by atoms with van der Waals surface area (Å²) < 4.78 is 19.6. The van der Waals surface area contributed by atoms with Crippen LogP contribution in [0.2, 0.25) is 0 Å². The van der Waals surface area contributed by atoms with E-state index in [0.717, 1.165) is 19.3 Å². The molecule has 0 saturated carbocycles. The number of hydrogen-bond donors (Lipinski definition) is 1. The third-order valence-electron chi connectivity index (χ3n) is 7.10. The van der Waals surface area contributed by atoms with Crippen molar-refractivity contribution < 1.29 is 23.5 Å². The molecule has 0 aliphatic carbocycles. The Kier molecular flexibility index (Phi) is 6.79. The van der Waals surface area contributed by atoms with Crippen LogP contribution in [0.4, 0.5) is 9.18 Å². The molecule has 3 saturated heterocycles. The third-order valence-corrected chi connectivity index (χ3v) is 7.10. The number of amides is 4. The van der Waals surface area contributed by atoms with Crippen LogP contribution in [-0.2, 0) is 20.7 Å². The van der Waals surface area contributed by atoms with Gasteiger partial charge in [0.15, 0.2) is 0 Å². The van der Waals surface area contributed by atoms with Gasteiger partial charge in [0.1, 0.15) is 11.4 Å². The number of carbonyl (C=O) groups is 3. The first-order chi connectivity index (χ1) is 15.4. The SMILES string of the molecule is CCCC1(C2CCN(C(=O)Cc3ccccc3F)CC2)NC(=O)N(CC2CCCO2)C1=O. The second kappa shape index (κ2) is 9.57. The van der Waals surface area contributed by atoms with Crippen LogP contribution in [-0.4, -0.2) is 65.5 Å². The molecule has 1 aromatic rings. The Morgan fingerprint density at radius 3 is 2.62 bits per heavy atom. The molecule has 0 spiro atoms. The number of nitrogens with zero attached hydrogens (tertiary/aromatic N) is 2.